The Morgan fingerprint density at radius 1 is 1.08 bits per heavy atom. The monoisotopic (exact) mass is 331 g/mol. The van der Waals surface area contributed by atoms with Gasteiger partial charge in [-0.3, -0.25) is 4.98 Å². The summed E-state index contributed by atoms with van der Waals surface area (Å²) in [5.41, 5.74) is 2.05. The number of aromatic nitrogens is 5. The van der Waals surface area contributed by atoms with E-state index < -0.39 is 0 Å². The highest BCUT2D eigenvalue weighted by Gasteiger charge is 2.16. The van der Waals surface area contributed by atoms with Crippen molar-refractivity contribution in [3.05, 3.63) is 84.5 Å². The van der Waals surface area contributed by atoms with E-state index >= 15 is 0 Å². The Balaban J connectivity index is 1.57. The smallest absolute Gasteiger partial charge is 0.246 e. The van der Waals surface area contributed by atoms with Crippen molar-refractivity contribution in [2.45, 2.75) is 19.4 Å². The summed E-state index contributed by atoms with van der Waals surface area (Å²) in [4.78, 5) is 13.1. The van der Waals surface area contributed by atoms with Gasteiger partial charge in [-0.15, -0.1) is 0 Å². The molecule has 0 spiro atoms. The fourth-order valence-corrected chi connectivity index (χ4v) is 2.80. The van der Waals surface area contributed by atoms with E-state index in [2.05, 4.69) is 39.2 Å². The van der Waals surface area contributed by atoms with E-state index in [1.54, 1.807) is 18.6 Å². The van der Waals surface area contributed by atoms with Gasteiger partial charge in [0.15, 0.2) is 0 Å². The van der Waals surface area contributed by atoms with E-state index in [1.807, 2.05) is 41.1 Å². The highest BCUT2D eigenvalue weighted by molar-refractivity contribution is 5.51. The van der Waals surface area contributed by atoms with Crippen molar-refractivity contribution in [2.75, 3.05) is 0 Å². The predicted molar refractivity (Wildman–Crippen MR) is 92.8 cm³/mol. The van der Waals surface area contributed by atoms with Crippen molar-refractivity contribution in [1.29, 1.82) is 0 Å². The molecule has 0 fully saturated rings. The van der Waals surface area contributed by atoms with Gasteiger partial charge in [0, 0.05) is 36.3 Å². The predicted octanol–water partition coefficient (Wildman–Crippen LogP) is 3.53. The van der Waals surface area contributed by atoms with Gasteiger partial charge >= 0.3 is 0 Å². The van der Waals surface area contributed by atoms with Gasteiger partial charge in [-0.2, -0.15) is 4.98 Å². The first-order valence-electron chi connectivity index (χ1n) is 8.10. The number of imidazole rings is 1. The van der Waals surface area contributed by atoms with Crippen molar-refractivity contribution in [3.8, 4) is 11.4 Å². The molecule has 1 atom stereocenters. The Kier molecular flexibility index (Phi) is 4.08. The highest BCUT2D eigenvalue weighted by Crippen LogP contribution is 2.23. The second-order valence-electron chi connectivity index (χ2n) is 5.80. The lowest BCUT2D eigenvalue weighted by Gasteiger charge is -2.13. The molecule has 0 aliphatic rings. The highest BCUT2D eigenvalue weighted by atomic mass is 16.5. The lowest BCUT2D eigenvalue weighted by molar-refractivity contribution is 0.369. The maximum absolute atomic E-state index is 5.40. The molecule has 3 aromatic heterocycles. The number of hydrogen-bond donors (Lipinski definition) is 0. The summed E-state index contributed by atoms with van der Waals surface area (Å²) in [6.45, 7) is 2.63. The second kappa shape index (κ2) is 6.68. The second-order valence-corrected chi connectivity index (χ2v) is 5.80. The quantitative estimate of drug-likeness (QED) is 0.559. The lowest BCUT2D eigenvalue weighted by Crippen LogP contribution is -2.09. The van der Waals surface area contributed by atoms with E-state index in [4.69, 9.17) is 4.52 Å². The van der Waals surface area contributed by atoms with Crippen molar-refractivity contribution < 1.29 is 4.52 Å². The Morgan fingerprint density at radius 2 is 1.96 bits per heavy atom. The van der Waals surface area contributed by atoms with E-state index in [1.165, 1.54) is 5.56 Å². The van der Waals surface area contributed by atoms with Crippen molar-refractivity contribution in [2.24, 2.45) is 0 Å². The fourth-order valence-electron chi connectivity index (χ4n) is 2.80. The molecule has 0 saturated carbocycles. The summed E-state index contributed by atoms with van der Waals surface area (Å²) in [6, 6.07) is 14.1. The maximum Gasteiger partial charge on any atom is 0.246 e. The molecule has 0 N–H and O–H groups in total. The zero-order valence-corrected chi connectivity index (χ0v) is 13.8. The van der Waals surface area contributed by atoms with Crippen molar-refractivity contribution in [1.82, 2.24) is 24.7 Å². The van der Waals surface area contributed by atoms with E-state index in [-0.39, 0.29) is 5.92 Å². The molecule has 4 rings (SSSR count). The number of benzene rings is 1. The van der Waals surface area contributed by atoms with Crippen LogP contribution in [0.4, 0.5) is 0 Å². The fraction of sp³-hybridized carbons (Fsp3) is 0.158. The minimum absolute atomic E-state index is 0.178. The number of nitrogens with zero attached hydrogens (tertiary/aromatic N) is 5. The van der Waals surface area contributed by atoms with Crippen LogP contribution in [0.1, 0.15) is 30.1 Å². The summed E-state index contributed by atoms with van der Waals surface area (Å²) in [6.07, 6.45) is 7.16. The van der Waals surface area contributed by atoms with Gasteiger partial charge in [-0.05, 0) is 17.7 Å². The third-order valence-corrected chi connectivity index (χ3v) is 4.13. The van der Waals surface area contributed by atoms with Gasteiger partial charge in [0.2, 0.25) is 11.7 Å². The molecule has 4 aromatic rings. The van der Waals surface area contributed by atoms with Crippen LogP contribution < -0.4 is 0 Å². The third-order valence-electron chi connectivity index (χ3n) is 4.13. The summed E-state index contributed by atoms with van der Waals surface area (Å²) >= 11 is 0. The van der Waals surface area contributed by atoms with Crippen LogP contribution in [0.25, 0.3) is 11.4 Å². The summed E-state index contributed by atoms with van der Waals surface area (Å²) in [5, 5.41) is 4.04. The number of hydrogen-bond acceptors (Lipinski definition) is 5. The van der Waals surface area contributed by atoms with Crippen LogP contribution in [0.2, 0.25) is 0 Å². The molecule has 6 heteroatoms. The average Bonchev–Trinajstić information content (AvgIpc) is 3.33. The van der Waals surface area contributed by atoms with Gasteiger partial charge in [-0.1, -0.05) is 42.4 Å². The Hall–Kier alpha value is -3.28. The topological polar surface area (TPSA) is 69.6 Å². The zero-order chi connectivity index (χ0) is 17.1. The Labute approximate surface area is 145 Å². The molecule has 6 nitrogen and oxygen atoms in total. The van der Waals surface area contributed by atoms with Crippen LogP contribution in [0.15, 0.2) is 71.8 Å². The largest absolute Gasteiger partial charge is 0.337 e. The van der Waals surface area contributed by atoms with E-state index in [9.17, 15) is 0 Å². The normalized spacial score (nSPS) is 12.2. The standard InChI is InChI=1S/C19H17N5O/c1-14(15-6-3-2-4-7-15)19-21-10-11-24(19)13-17-22-18(23-25-17)16-8-5-9-20-12-16/h2-12,14H,13H2,1H3/t14-/m0/s1. The van der Waals surface area contributed by atoms with Crippen LogP contribution >= 0.6 is 0 Å². The lowest BCUT2D eigenvalue weighted by atomic mass is 10.0. The average molecular weight is 331 g/mol. The molecule has 0 saturated heterocycles. The molecule has 0 unspecified atom stereocenters. The van der Waals surface area contributed by atoms with Crippen LogP contribution in [-0.4, -0.2) is 24.7 Å². The number of pyridine rings is 1. The van der Waals surface area contributed by atoms with E-state index in [0.29, 0.717) is 18.3 Å². The van der Waals surface area contributed by atoms with Crippen molar-refractivity contribution in [3.63, 3.8) is 0 Å². The SMILES string of the molecule is C[C@@H](c1ccccc1)c1nccn1Cc1nc(-c2cccnc2)no1. The maximum atomic E-state index is 5.40. The van der Waals surface area contributed by atoms with Gasteiger partial charge in [-0.25, -0.2) is 4.98 Å². The molecule has 0 amide bonds. The van der Waals surface area contributed by atoms with Crippen LogP contribution in [0, 0.1) is 0 Å². The molecule has 0 radical (unpaired) electrons. The third kappa shape index (κ3) is 3.19. The summed E-state index contributed by atoms with van der Waals surface area (Å²) in [7, 11) is 0. The minimum atomic E-state index is 0.178. The molecule has 25 heavy (non-hydrogen) atoms. The summed E-state index contributed by atoms with van der Waals surface area (Å²) < 4.78 is 7.44. The molecule has 0 aliphatic heterocycles. The molecule has 0 aliphatic carbocycles. The first-order chi connectivity index (χ1) is 12.3. The molecular formula is C19H17N5O. The van der Waals surface area contributed by atoms with Crippen LogP contribution in [0.5, 0.6) is 0 Å². The molecule has 0 bridgehead atoms. The van der Waals surface area contributed by atoms with Gasteiger partial charge < -0.3 is 9.09 Å². The molecular weight excluding hydrogens is 314 g/mol. The first-order valence-corrected chi connectivity index (χ1v) is 8.10. The van der Waals surface area contributed by atoms with Crippen LogP contribution in [-0.2, 0) is 6.54 Å². The molecule has 3 heterocycles. The zero-order valence-electron chi connectivity index (χ0n) is 13.8. The summed E-state index contributed by atoms with van der Waals surface area (Å²) in [5.74, 6) is 2.23. The Bertz CT molecular complexity index is 946. The van der Waals surface area contributed by atoms with Crippen LogP contribution in [0.3, 0.4) is 0 Å². The van der Waals surface area contributed by atoms with Gasteiger partial charge in [0.1, 0.15) is 12.4 Å². The molecule has 1 aromatic carbocycles. The minimum Gasteiger partial charge on any atom is -0.337 e. The first kappa shape index (κ1) is 15.3. The van der Waals surface area contributed by atoms with Gasteiger partial charge in [0.25, 0.3) is 0 Å². The Morgan fingerprint density at radius 3 is 2.76 bits per heavy atom. The van der Waals surface area contributed by atoms with Gasteiger partial charge in [0.05, 0.1) is 0 Å². The van der Waals surface area contributed by atoms with E-state index in [0.717, 1.165) is 11.4 Å². The molecule has 124 valence electrons. The van der Waals surface area contributed by atoms with Crippen molar-refractivity contribution >= 4 is 0 Å². The number of rotatable bonds is 5.